The summed E-state index contributed by atoms with van der Waals surface area (Å²) in [5.74, 6) is -3.68. The molecule has 0 N–H and O–H groups in total. The number of carbonyl (C=O) groups is 4. The van der Waals surface area contributed by atoms with Crippen molar-refractivity contribution in [2.24, 2.45) is 0 Å². The summed E-state index contributed by atoms with van der Waals surface area (Å²) in [7, 11) is 0. The van der Waals surface area contributed by atoms with Crippen LogP contribution < -0.4 is 20.4 Å². The van der Waals surface area contributed by atoms with Crippen LogP contribution in [0, 0.1) is 39.9 Å². The summed E-state index contributed by atoms with van der Waals surface area (Å²) >= 11 is 0. The normalized spacial score (nSPS) is 9.46. The van der Waals surface area contributed by atoms with Gasteiger partial charge in [0.05, 0.1) is 0 Å². The minimum absolute atomic E-state index is 0. The Morgan fingerprint density at radius 2 is 0.463 bits per heavy atom. The van der Waals surface area contributed by atoms with Crippen LogP contribution in [0.4, 0.5) is 0 Å². The molecule has 0 atom stereocenters. The Labute approximate surface area is 283 Å². The number of rotatable bonds is 24. The first-order valence-electron chi connectivity index (χ1n) is 15.9. The van der Waals surface area contributed by atoms with E-state index in [2.05, 4.69) is 27.7 Å². The van der Waals surface area contributed by atoms with Crippen LogP contribution in [0.15, 0.2) is 0 Å². The molecule has 0 fully saturated rings. The molecule has 0 unspecified atom stereocenters. The van der Waals surface area contributed by atoms with Gasteiger partial charge in [0.2, 0.25) is 0 Å². The Morgan fingerprint density at radius 1 is 0.317 bits per heavy atom. The molecule has 0 aliphatic rings. The second kappa shape index (κ2) is 46.2. The fraction of sp³-hybridized carbons (Fsp3) is 0.875. The van der Waals surface area contributed by atoms with Crippen LogP contribution in [0.2, 0.25) is 0 Å². The SMILES string of the molecule is CCCCCCCC(=O)[O-].CCCCCCCC(=O)[O-].CCCCCCCC(=O)[O-].CCCCCCCC(=O)[O-].[Th+4]. The van der Waals surface area contributed by atoms with Crippen LogP contribution in [0.1, 0.15) is 182 Å². The molecule has 8 nitrogen and oxygen atoms in total. The van der Waals surface area contributed by atoms with Gasteiger partial charge in [-0.05, 0) is 51.4 Å². The molecule has 0 spiro atoms. The van der Waals surface area contributed by atoms with Gasteiger partial charge in [0.15, 0.2) is 0 Å². The average molecular weight is 805 g/mol. The van der Waals surface area contributed by atoms with E-state index >= 15 is 0 Å². The molecule has 0 bridgehead atoms. The summed E-state index contributed by atoms with van der Waals surface area (Å²) < 4.78 is 0. The predicted molar refractivity (Wildman–Crippen MR) is 154 cm³/mol. The average Bonchev–Trinajstić information content (AvgIpc) is 2.89. The molecule has 0 aliphatic carbocycles. The maximum absolute atomic E-state index is 9.92. The van der Waals surface area contributed by atoms with E-state index in [1.54, 1.807) is 0 Å². The zero-order valence-corrected chi connectivity index (χ0v) is 30.8. The molecule has 0 aromatic heterocycles. The van der Waals surface area contributed by atoms with Crippen LogP contribution in [0.25, 0.3) is 0 Å². The number of carbonyl (C=O) groups excluding carboxylic acids is 4. The molecular weight excluding hydrogens is 744 g/mol. The fourth-order valence-corrected chi connectivity index (χ4v) is 3.49. The Bertz CT molecular complexity index is 460. The van der Waals surface area contributed by atoms with E-state index in [1.807, 2.05) is 0 Å². The van der Waals surface area contributed by atoms with Crippen molar-refractivity contribution in [1.82, 2.24) is 0 Å². The number of unbranched alkanes of at least 4 members (excludes halogenated alkanes) is 16. The van der Waals surface area contributed by atoms with E-state index in [9.17, 15) is 39.6 Å². The zero-order chi connectivity index (χ0) is 31.3. The van der Waals surface area contributed by atoms with Crippen molar-refractivity contribution < 1.29 is 79.5 Å². The van der Waals surface area contributed by atoms with E-state index in [4.69, 9.17) is 0 Å². The Hall–Kier alpha value is -0.795. The van der Waals surface area contributed by atoms with Crippen LogP contribution in [0.5, 0.6) is 0 Å². The summed E-state index contributed by atoms with van der Waals surface area (Å²) in [6.45, 7) is 8.55. The first-order valence-corrected chi connectivity index (χ1v) is 15.9. The van der Waals surface area contributed by atoms with Crippen LogP contribution in [0.3, 0.4) is 0 Å². The largest absolute Gasteiger partial charge is 4.00 e. The standard InChI is InChI=1S/4C8H16O2.Th/c4*1-2-3-4-5-6-7-8(9)10;/h4*2-7H2,1H3,(H,9,10);/q;;;;+4/p-4. The summed E-state index contributed by atoms with van der Waals surface area (Å²) in [5, 5.41) is 39.7. The third-order valence-corrected chi connectivity index (χ3v) is 5.94. The molecule has 9 heteroatoms. The van der Waals surface area contributed by atoms with Gasteiger partial charge in [-0.2, -0.15) is 0 Å². The molecule has 41 heavy (non-hydrogen) atoms. The molecule has 0 saturated carbocycles. The van der Waals surface area contributed by atoms with Crippen LogP contribution in [-0.2, 0) is 19.2 Å². The van der Waals surface area contributed by atoms with Gasteiger partial charge < -0.3 is 39.6 Å². The number of aliphatic carboxylic acids is 4. The maximum atomic E-state index is 9.92. The Morgan fingerprint density at radius 3 is 0.585 bits per heavy atom. The molecule has 0 saturated heterocycles. The summed E-state index contributed by atoms with van der Waals surface area (Å²) in [5.41, 5.74) is 0. The first kappa shape index (κ1) is 49.9. The van der Waals surface area contributed by atoms with Crippen LogP contribution >= 0.6 is 0 Å². The molecule has 0 aromatic rings. The van der Waals surface area contributed by atoms with Gasteiger partial charge in [-0.3, -0.25) is 0 Å². The smallest absolute Gasteiger partial charge is 0.550 e. The van der Waals surface area contributed by atoms with Crippen molar-refractivity contribution in [2.75, 3.05) is 0 Å². The number of hydrogen-bond donors (Lipinski definition) is 0. The number of hydrogen-bond acceptors (Lipinski definition) is 8. The van der Waals surface area contributed by atoms with Crippen molar-refractivity contribution in [2.45, 2.75) is 182 Å². The molecule has 0 aromatic carbocycles. The zero-order valence-electron chi connectivity index (χ0n) is 26.7. The Balaban J connectivity index is -0.000000139. The molecule has 0 amide bonds. The maximum Gasteiger partial charge on any atom is 4.00 e. The van der Waals surface area contributed by atoms with Gasteiger partial charge in [-0.1, -0.05) is 130 Å². The van der Waals surface area contributed by atoms with E-state index in [-0.39, 0.29) is 65.6 Å². The van der Waals surface area contributed by atoms with E-state index in [1.165, 1.54) is 51.4 Å². The topological polar surface area (TPSA) is 161 Å². The molecule has 0 rings (SSSR count). The van der Waals surface area contributed by atoms with Crippen molar-refractivity contribution in [3.63, 3.8) is 0 Å². The summed E-state index contributed by atoms with van der Waals surface area (Å²) in [4.78, 5) is 39.7. The quantitative estimate of drug-likeness (QED) is 0.130. The second-order valence-electron chi connectivity index (χ2n) is 10.1. The number of carboxylic acid groups (broad SMARTS) is 4. The molecule has 0 radical (unpaired) electrons. The van der Waals surface area contributed by atoms with E-state index in [0.29, 0.717) is 0 Å². The van der Waals surface area contributed by atoms with Crippen LogP contribution in [-0.4, -0.2) is 23.9 Å². The minimum Gasteiger partial charge on any atom is -0.550 e. The molecule has 0 aliphatic heterocycles. The van der Waals surface area contributed by atoms with Gasteiger partial charge in [0.1, 0.15) is 0 Å². The van der Waals surface area contributed by atoms with Gasteiger partial charge in [-0.15, -0.1) is 0 Å². The van der Waals surface area contributed by atoms with Gasteiger partial charge in [0.25, 0.3) is 0 Å². The monoisotopic (exact) mass is 804 g/mol. The van der Waals surface area contributed by atoms with Crippen molar-refractivity contribution in [3.8, 4) is 0 Å². The second-order valence-corrected chi connectivity index (χ2v) is 10.1. The van der Waals surface area contributed by atoms with Gasteiger partial charge >= 0.3 is 39.9 Å². The minimum atomic E-state index is -0.920. The third-order valence-electron chi connectivity index (χ3n) is 5.94. The predicted octanol–water partition coefficient (Wildman–Crippen LogP) is 4.39. The van der Waals surface area contributed by atoms with E-state index < -0.39 is 23.9 Å². The fourth-order valence-electron chi connectivity index (χ4n) is 3.49. The van der Waals surface area contributed by atoms with E-state index in [0.717, 1.165) is 77.0 Å². The molecule has 0 heterocycles. The Kier molecular flexibility index (Phi) is 56.1. The van der Waals surface area contributed by atoms with Gasteiger partial charge in [0, 0.05) is 23.9 Å². The first-order chi connectivity index (χ1) is 19.1. The molecular formula is C32H60O8Th. The number of carboxylic acids is 4. The third kappa shape index (κ3) is 73.3. The summed E-state index contributed by atoms with van der Waals surface area (Å²) in [6.07, 6.45) is 22.4. The summed E-state index contributed by atoms with van der Waals surface area (Å²) in [6, 6.07) is 0. The van der Waals surface area contributed by atoms with Crippen molar-refractivity contribution in [1.29, 1.82) is 0 Å². The van der Waals surface area contributed by atoms with Crippen molar-refractivity contribution in [3.05, 3.63) is 0 Å². The van der Waals surface area contributed by atoms with Crippen molar-refractivity contribution >= 4 is 23.9 Å². The van der Waals surface area contributed by atoms with Gasteiger partial charge in [-0.25, -0.2) is 0 Å². The molecule has 240 valence electrons.